The second-order valence-corrected chi connectivity index (χ2v) is 6.17. The minimum absolute atomic E-state index is 0.0443. The SMILES string of the molecule is O=C(O)CCCP(=O)(OCC(=O)O)ONc1ccccc1. The average Bonchev–Trinajstić information content (AvgIpc) is 2.44. The lowest BCUT2D eigenvalue weighted by Gasteiger charge is -2.17. The fraction of sp³-hybridized carbons (Fsp3) is 0.333. The number of hydrogen-bond donors (Lipinski definition) is 3. The van der Waals surface area contributed by atoms with Gasteiger partial charge in [-0.25, -0.2) is 4.79 Å². The summed E-state index contributed by atoms with van der Waals surface area (Å²) in [6.07, 6.45) is -0.371. The second kappa shape index (κ2) is 8.41. The molecule has 1 aromatic carbocycles. The molecule has 0 aliphatic rings. The highest BCUT2D eigenvalue weighted by molar-refractivity contribution is 7.53. The van der Waals surface area contributed by atoms with Crippen LogP contribution in [0.5, 0.6) is 0 Å². The smallest absolute Gasteiger partial charge is 0.352 e. The van der Waals surface area contributed by atoms with Gasteiger partial charge >= 0.3 is 19.5 Å². The normalized spacial score (nSPS) is 13.3. The number of benzene rings is 1. The van der Waals surface area contributed by atoms with Gasteiger partial charge in [0, 0.05) is 6.42 Å². The van der Waals surface area contributed by atoms with E-state index in [-0.39, 0.29) is 19.0 Å². The molecule has 8 nitrogen and oxygen atoms in total. The van der Waals surface area contributed by atoms with Gasteiger partial charge in [-0.3, -0.25) is 19.4 Å². The van der Waals surface area contributed by atoms with Gasteiger partial charge in [0.25, 0.3) is 0 Å². The van der Waals surface area contributed by atoms with Gasteiger partial charge in [0.1, 0.15) is 0 Å². The van der Waals surface area contributed by atoms with Crippen molar-refractivity contribution in [1.82, 2.24) is 0 Å². The Hall–Kier alpha value is -1.89. The molecular weight excluding hydrogens is 301 g/mol. The second-order valence-electron chi connectivity index (χ2n) is 4.06. The third-order valence-electron chi connectivity index (χ3n) is 2.28. The zero-order valence-electron chi connectivity index (χ0n) is 11.1. The predicted octanol–water partition coefficient (Wildman–Crippen LogP) is 2.19. The molecule has 0 bridgehead atoms. The van der Waals surface area contributed by atoms with E-state index in [9.17, 15) is 14.2 Å². The fourth-order valence-corrected chi connectivity index (χ4v) is 2.71. The summed E-state index contributed by atoms with van der Waals surface area (Å²) in [7, 11) is -3.75. The summed E-state index contributed by atoms with van der Waals surface area (Å²) >= 11 is 0. The van der Waals surface area contributed by atoms with Gasteiger partial charge in [-0.2, -0.15) is 4.62 Å². The van der Waals surface area contributed by atoms with Crippen molar-refractivity contribution in [2.45, 2.75) is 12.8 Å². The van der Waals surface area contributed by atoms with Gasteiger partial charge in [-0.15, -0.1) is 0 Å². The van der Waals surface area contributed by atoms with Crippen LogP contribution in [-0.4, -0.2) is 34.9 Å². The van der Waals surface area contributed by atoms with E-state index in [1.54, 1.807) is 30.3 Å². The summed E-state index contributed by atoms with van der Waals surface area (Å²) in [5.41, 5.74) is 2.93. The summed E-state index contributed by atoms with van der Waals surface area (Å²) in [5, 5.41) is 17.1. The number of carboxylic acids is 2. The van der Waals surface area contributed by atoms with E-state index in [2.05, 4.69) is 5.48 Å². The first kappa shape index (κ1) is 17.2. The van der Waals surface area contributed by atoms with E-state index in [4.69, 9.17) is 19.4 Å². The zero-order valence-corrected chi connectivity index (χ0v) is 12.0. The van der Waals surface area contributed by atoms with E-state index in [1.165, 1.54) is 0 Å². The highest BCUT2D eigenvalue weighted by atomic mass is 31.2. The van der Waals surface area contributed by atoms with Crippen molar-refractivity contribution >= 4 is 25.2 Å². The number of anilines is 1. The number of nitrogens with one attached hydrogen (secondary N) is 1. The molecule has 9 heteroatoms. The zero-order chi connectivity index (χ0) is 15.7. The molecule has 0 fully saturated rings. The van der Waals surface area contributed by atoms with Gasteiger partial charge in [-0.05, 0) is 18.6 Å². The van der Waals surface area contributed by atoms with Crippen LogP contribution in [0, 0.1) is 0 Å². The van der Waals surface area contributed by atoms with E-state index in [1.807, 2.05) is 0 Å². The van der Waals surface area contributed by atoms with Crippen molar-refractivity contribution in [2.75, 3.05) is 18.2 Å². The minimum atomic E-state index is -3.75. The van der Waals surface area contributed by atoms with Crippen molar-refractivity contribution in [2.24, 2.45) is 0 Å². The molecule has 1 aromatic rings. The Labute approximate surface area is 121 Å². The van der Waals surface area contributed by atoms with Crippen LogP contribution in [0.3, 0.4) is 0 Å². The summed E-state index contributed by atoms with van der Waals surface area (Å²) < 4.78 is 22.1. The Bertz CT molecular complexity index is 520. The highest BCUT2D eigenvalue weighted by Gasteiger charge is 2.26. The van der Waals surface area contributed by atoms with Crippen molar-refractivity contribution in [3.8, 4) is 0 Å². The van der Waals surface area contributed by atoms with E-state index >= 15 is 0 Å². The molecule has 1 atom stereocenters. The quantitative estimate of drug-likeness (QED) is 0.443. The van der Waals surface area contributed by atoms with Crippen LogP contribution in [0.15, 0.2) is 30.3 Å². The number of para-hydroxylation sites is 1. The summed E-state index contributed by atoms with van der Waals surface area (Å²) in [6.45, 7) is -0.791. The van der Waals surface area contributed by atoms with Gasteiger partial charge in [0.2, 0.25) is 0 Å². The predicted molar refractivity (Wildman–Crippen MR) is 74.1 cm³/mol. The van der Waals surface area contributed by atoms with E-state index in [0.29, 0.717) is 5.69 Å². The van der Waals surface area contributed by atoms with Crippen LogP contribution in [-0.2, 0) is 23.3 Å². The summed E-state index contributed by atoms with van der Waals surface area (Å²) in [4.78, 5) is 20.9. The monoisotopic (exact) mass is 317 g/mol. The Morgan fingerprint density at radius 1 is 1.14 bits per heavy atom. The number of aliphatic carboxylic acids is 2. The van der Waals surface area contributed by atoms with Crippen LogP contribution >= 0.6 is 7.60 Å². The molecule has 1 rings (SSSR count). The van der Waals surface area contributed by atoms with Gasteiger partial charge < -0.3 is 10.2 Å². The van der Waals surface area contributed by atoms with Crippen molar-refractivity contribution in [1.29, 1.82) is 0 Å². The van der Waals surface area contributed by atoms with Crippen LogP contribution in [0.2, 0.25) is 0 Å². The molecular formula is C12H16NO7P. The third kappa shape index (κ3) is 7.45. The lowest BCUT2D eigenvalue weighted by atomic mass is 10.3. The fourth-order valence-electron chi connectivity index (χ4n) is 1.34. The Morgan fingerprint density at radius 2 is 1.81 bits per heavy atom. The van der Waals surface area contributed by atoms with Gasteiger partial charge in [0.05, 0.1) is 11.8 Å². The van der Waals surface area contributed by atoms with Gasteiger partial charge in [0.15, 0.2) is 6.61 Å². The standard InChI is InChI=1S/C12H16NO7P/c14-11(15)7-4-8-21(18,19-9-12(16)17)20-13-10-5-2-1-3-6-10/h1-3,5-6,13H,4,7-9H2,(H,14,15)(H,16,17). The number of carboxylic acid groups (broad SMARTS) is 2. The molecule has 3 N–H and O–H groups in total. The lowest BCUT2D eigenvalue weighted by molar-refractivity contribution is -0.140. The number of rotatable bonds is 10. The first-order valence-corrected chi connectivity index (χ1v) is 7.81. The van der Waals surface area contributed by atoms with Gasteiger partial charge in [-0.1, -0.05) is 18.2 Å². The number of hydrogen-bond acceptors (Lipinski definition) is 6. The Kier molecular flexibility index (Phi) is 6.87. The molecule has 0 radical (unpaired) electrons. The molecule has 1 unspecified atom stereocenters. The van der Waals surface area contributed by atoms with Crippen LogP contribution < -0.4 is 5.48 Å². The topological polar surface area (TPSA) is 122 Å². The maximum absolute atomic E-state index is 12.3. The lowest BCUT2D eigenvalue weighted by Crippen LogP contribution is -2.11. The molecule has 0 aliphatic carbocycles. The molecule has 0 aliphatic heterocycles. The molecule has 21 heavy (non-hydrogen) atoms. The molecule has 0 amide bonds. The van der Waals surface area contributed by atoms with Crippen molar-refractivity contribution in [3.63, 3.8) is 0 Å². The van der Waals surface area contributed by atoms with Crippen LogP contribution in [0.1, 0.15) is 12.8 Å². The van der Waals surface area contributed by atoms with Crippen LogP contribution in [0.25, 0.3) is 0 Å². The number of carbonyl (C=O) groups is 2. The molecule has 0 spiro atoms. The van der Waals surface area contributed by atoms with Crippen molar-refractivity contribution in [3.05, 3.63) is 30.3 Å². The van der Waals surface area contributed by atoms with E-state index < -0.39 is 26.1 Å². The largest absolute Gasteiger partial charge is 0.481 e. The first-order chi connectivity index (χ1) is 9.91. The Balaban J connectivity index is 2.59. The maximum atomic E-state index is 12.3. The molecule has 0 aromatic heterocycles. The molecule has 0 saturated carbocycles. The van der Waals surface area contributed by atoms with E-state index in [0.717, 1.165) is 0 Å². The first-order valence-electron chi connectivity index (χ1n) is 6.08. The molecule has 0 heterocycles. The third-order valence-corrected chi connectivity index (χ3v) is 4.04. The highest BCUT2D eigenvalue weighted by Crippen LogP contribution is 2.48. The van der Waals surface area contributed by atoms with Crippen molar-refractivity contribution < 1.29 is 33.5 Å². The average molecular weight is 317 g/mol. The molecule has 116 valence electrons. The maximum Gasteiger partial charge on any atom is 0.352 e. The van der Waals surface area contributed by atoms with Crippen LogP contribution in [0.4, 0.5) is 5.69 Å². The Morgan fingerprint density at radius 3 is 2.38 bits per heavy atom. The minimum Gasteiger partial charge on any atom is -0.481 e. The molecule has 0 saturated heterocycles. The summed E-state index contributed by atoms with van der Waals surface area (Å²) in [5.74, 6) is -2.34. The summed E-state index contributed by atoms with van der Waals surface area (Å²) in [6, 6.07) is 8.52.